The molecule has 0 amide bonds. The van der Waals surface area contributed by atoms with Gasteiger partial charge >= 0.3 is 5.97 Å². The van der Waals surface area contributed by atoms with Gasteiger partial charge in [-0.15, -0.1) is 0 Å². The highest BCUT2D eigenvalue weighted by Gasteiger charge is 2.14. The lowest BCUT2D eigenvalue weighted by molar-refractivity contribution is 0.0563. The van der Waals surface area contributed by atoms with E-state index in [1.54, 1.807) is 6.07 Å². The van der Waals surface area contributed by atoms with Crippen molar-refractivity contribution in [1.29, 1.82) is 0 Å². The fraction of sp³-hybridized carbons (Fsp3) is 0.583. The molecule has 1 heterocycles. The SMILES string of the molecule is COC(=O)c1occc1CNCCCOCCO. The van der Waals surface area contributed by atoms with Gasteiger partial charge in [-0.3, -0.25) is 0 Å². The van der Waals surface area contributed by atoms with Gasteiger partial charge < -0.3 is 24.3 Å². The minimum atomic E-state index is -0.469. The van der Waals surface area contributed by atoms with E-state index in [1.807, 2.05) is 0 Å². The Hall–Kier alpha value is -1.37. The number of carbonyl (C=O) groups excluding carboxylic acids is 1. The van der Waals surface area contributed by atoms with Crippen LogP contribution in [0.2, 0.25) is 0 Å². The lowest BCUT2D eigenvalue weighted by Crippen LogP contribution is -2.18. The maximum absolute atomic E-state index is 11.3. The van der Waals surface area contributed by atoms with Crippen LogP contribution in [0.4, 0.5) is 0 Å². The molecule has 0 saturated carbocycles. The third kappa shape index (κ3) is 4.87. The summed E-state index contributed by atoms with van der Waals surface area (Å²) in [4.78, 5) is 11.3. The van der Waals surface area contributed by atoms with Crippen LogP contribution in [0.1, 0.15) is 22.5 Å². The lowest BCUT2D eigenvalue weighted by Gasteiger charge is -2.05. The molecule has 0 saturated heterocycles. The van der Waals surface area contributed by atoms with Gasteiger partial charge in [-0.25, -0.2) is 4.79 Å². The highest BCUT2D eigenvalue weighted by atomic mass is 16.5. The minimum absolute atomic E-state index is 0.0466. The van der Waals surface area contributed by atoms with Crippen molar-refractivity contribution >= 4 is 5.97 Å². The molecular formula is C12H19NO5. The highest BCUT2D eigenvalue weighted by Crippen LogP contribution is 2.11. The van der Waals surface area contributed by atoms with E-state index in [0.717, 1.165) is 18.5 Å². The van der Waals surface area contributed by atoms with Crippen molar-refractivity contribution in [2.45, 2.75) is 13.0 Å². The lowest BCUT2D eigenvalue weighted by atomic mass is 10.2. The van der Waals surface area contributed by atoms with Crippen LogP contribution in [0.25, 0.3) is 0 Å². The number of carbonyl (C=O) groups is 1. The van der Waals surface area contributed by atoms with Gasteiger partial charge in [-0.1, -0.05) is 0 Å². The first-order valence-corrected chi connectivity index (χ1v) is 5.83. The van der Waals surface area contributed by atoms with Crippen LogP contribution in [0.3, 0.4) is 0 Å². The van der Waals surface area contributed by atoms with Gasteiger partial charge in [0, 0.05) is 18.7 Å². The normalized spacial score (nSPS) is 10.6. The van der Waals surface area contributed by atoms with Crippen molar-refractivity contribution in [3.05, 3.63) is 23.7 Å². The summed E-state index contributed by atoms with van der Waals surface area (Å²) in [5.41, 5.74) is 0.776. The van der Waals surface area contributed by atoms with Crippen LogP contribution >= 0.6 is 0 Å². The molecular weight excluding hydrogens is 238 g/mol. The molecule has 0 atom stereocenters. The summed E-state index contributed by atoms with van der Waals surface area (Å²) in [6.07, 6.45) is 2.30. The number of hydrogen-bond donors (Lipinski definition) is 2. The summed E-state index contributed by atoms with van der Waals surface area (Å²) in [6.45, 7) is 2.32. The van der Waals surface area contributed by atoms with Crippen LogP contribution in [0, 0.1) is 0 Å². The first-order valence-electron chi connectivity index (χ1n) is 5.83. The van der Waals surface area contributed by atoms with Crippen LogP contribution in [0.15, 0.2) is 16.7 Å². The monoisotopic (exact) mass is 257 g/mol. The number of methoxy groups -OCH3 is 1. The third-order valence-electron chi connectivity index (χ3n) is 2.31. The molecule has 0 aliphatic heterocycles. The van der Waals surface area contributed by atoms with E-state index in [9.17, 15) is 4.79 Å². The fourth-order valence-electron chi connectivity index (χ4n) is 1.44. The van der Waals surface area contributed by atoms with Gasteiger partial charge in [0.05, 0.1) is 26.6 Å². The predicted molar refractivity (Wildman–Crippen MR) is 64.3 cm³/mol. The van der Waals surface area contributed by atoms with Gasteiger partial charge in [-0.2, -0.15) is 0 Å². The molecule has 0 spiro atoms. The number of ether oxygens (including phenoxy) is 2. The molecule has 6 heteroatoms. The third-order valence-corrected chi connectivity index (χ3v) is 2.31. The number of aliphatic hydroxyl groups excluding tert-OH is 1. The zero-order valence-electron chi connectivity index (χ0n) is 10.5. The molecule has 0 fully saturated rings. The number of nitrogens with one attached hydrogen (secondary N) is 1. The Morgan fingerprint density at radius 2 is 2.33 bits per heavy atom. The highest BCUT2D eigenvalue weighted by molar-refractivity contribution is 5.87. The fourth-order valence-corrected chi connectivity index (χ4v) is 1.44. The molecule has 1 rings (SSSR count). The van der Waals surface area contributed by atoms with E-state index in [-0.39, 0.29) is 12.4 Å². The van der Waals surface area contributed by atoms with E-state index in [0.29, 0.717) is 19.8 Å². The second-order valence-electron chi connectivity index (χ2n) is 3.63. The molecule has 0 aliphatic carbocycles. The van der Waals surface area contributed by atoms with E-state index in [2.05, 4.69) is 10.1 Å². The number of aliphatic hydroxyl groups is 1. The maximum Gasteiger partial charge on any atom is 0.374 e. The Balaban J connectivity index is 2.19. The van der Waals surface area contributed by atoms with Gasteiger partial charge in [0.15, 0.2) is 0 Å². The van der Waals surface area contributed by atoms with Gasteiger partial charge in [-0.05, 0) is 19.0 Å². The van der Waals surface area contributed by atoms with Gasteiger partial charge in [0.1, 0.15) is 0 Å². The summed E-state index contributed by atoms with van der Waals surface area (Å²) in [5.74, 6) is -0.232. The zero-order valence-corrected chi connectivity index (χ0v) is 10.5. The van der Waals surface area contributed by atoms with Crippen molar-refractivity contribution in [2.75, 3.05) is 33.5 Å². The van der Waals surface area contributed by atoms with E-state index < -0.39 is 5.97 Å². The van der Waals surface area contributed by atoms with Crippen molar-refractivity contribution in [3.8, 4) is 0 Å². The molecule has 0 unspecified atom stereocenters. The molecule has 102 valence electrons. The topological polar surface area (TPSA) is 80.9 Å². The number of hydrogen-bond acceptors (Lipinski definition) is 6. The quantitative estimate of drug-likeness (QED) is 0.497. The first kappa shape index (κ1) is 14.7. The number of furan rings is 1. The van der Waals surface area contributed by atoms with Gasteiger partial charge in [0.2, 0.25) is 5.76 Å². The average molecular weight is 257 g/mol. The Labute approximate surface area is 106 Å². The smallest absolute Gasteiger partial charge is 0.374 e. The number of esters is 1. The molecule has 18 heavy (non-hydrogen) atoms. The molecule has 2 N–H and O–H groups in total. The molecule has 6 nitrogen and oxygen atoms in total. The second kappa shape index (κ2) is 8.68. The van der Waals surface area contributed by atoms with E-state index in [1.165, 1.54) is 13.4 Å². The standard InChI is InChI=1S/C12H19NO5/c1-16-12(15)11-10(3-7-18-11)9-13-4-2-6-17-8-5-14/h3,7,13-14H,2,4-6,8-9H2,1H3. The molecule has 0 bridgehead atoms. The van der Waals surface area contributed by atoms with Crippen LogP contribution in [0.5, 0.6) is 0 Å². The van der Waals surface area contributed by atoms with Crippen LogP contribution < -0.4 is 5.32 Å². The molecule has 0 radical (unpaired) electrons. The second-order valence-corrected chi connectivity index (χ2v) is 3.63. The minimum Gasteiger partial charge on any atom is -0.463 e. The zero-order chi connectivity index (χ0) is 13.2. The van der Waals surface area contributed by atoms with Crippen molar-refractivity contribution in [1.82, 2.24) is 5.32 Å². The predicted octanol–water partition coefficient (Wildman–Crippen LogP) is 0.555. The van der Waals surface area contributed by atoms with Crippen molar-refractivity contribution in [3.63, 3.8) is 0 Å². The summed E-state index contributed by atoms with van der Waals surface area (Å²) in [5, 5.41) is 11.7. The average Bonchev–Trinajstić information content (AvgIpc) is 2.85. The summed E-state index contributed by atoms with van der Waals surface area (Å²) < 4.78 is 14.8. The Kier molecular flexibility index (Phi) is 7.09. The van der Waals surface area contributed by atoms with Crippen LogP contribution in [-0.2, 0) is 16.0 Å². The molecule has 1 aromatic heterocycles. The molecule has 0 aromatic carbocycles. The van der Waals surface area contributed by atoms with E-state index >= 15 is 0 Å². The van der Waals surface area contributed by atoms with E-state index in [4.69, 9.17) is 14.3 Å². The molecule has 1 aromatic rings. The summed E-state index contributed by atoms with van der Waals surface area (Å²) in [6, 6.07) is 1.74. The van der Waals surface area contributed by atoms with Crippen molar-refractivity contribution < 1.29 is 23.8 Å². The maximum atomic E-state index is 11.3. The van der Waals surface area contributed by atoms with Gasteiger partial charge in [0.25, 0.3) is 0 Å². The Bertz CT molecular complexity index is 350. The summed E-state index contributed by atoms with van der Waals surface area (Å²) in [7, 11) is 1.32. The number of rotatable bonds is 9. The largest absolute Gasteiger partial charge is 0.463 e. The molecule has 0 aliphatic rings. The van der Waals surface area contributed by atoms with Crippen LogP contribution in [-0.4, -0.2) is 44.6 Å². The van der Waals surface area contributed by atoms with Crippen molar-refractivity contribution in [2.24, 2.45) is 0 Å². The first-order chi connectivity index (χ1) is 8.79. The Morgan fingerprint density at radius 3 is 3.06 bits per heavy atom. The summed E-state index contributed by atoms with van der Waals surface area (Å²) >= 11 is 0. The Morgan fingerprint density at radius 1 is 1.50 bits per heavy atom.